The molecule has 0 aromatic carbocycles. The lowest BCUT2D eigenvalue weighted by molar-refractivity contribution is 0.216. The van der Waals surface area contributed by atoms with Crippen LogP contribution in [0.15, 0.2) is 12.4 Å². The predicted molar refractivity (Wildman–Crippen MR) is 82.2 cm³/mol. The number of nitrogen functional groups attached to an aromatic ring is 1. The van der Waals surface area contributed by atoms with Crippen molar-refractivity contribution < 1.29 is 12.8 Å². The van der Waals surface area contributed by atoms with Crippen molar-refractivity contribution in [3.63, 3.8) is 0 Å². The number of hydrogen-bond donors (Lipinski definition) is 2. The highest BCUT2D eigenvalue weighted by Crippen LogP contribution is 2.25. The third-order valence-corrected chi connectivity index (χ3v) is 6.49. The lowest BCUT2D eigenvalue weighted by Crippen LogP contribution is -2.57. The van der Waals surface area contributed by atoms with Crippen molar-refractivity contribution in [2.24, 2.45) is 0 Å². The van der Waals surface area contributed by atoms with E-state index in [1.165, 1.54) is 6.20 Å². The van der Waals surface area contributed by atoms with E-state index in [1.54, 1.807) is 4.31 Å². The van der Waals surface area contributed by atoms with Crippen LogP contribution in [0.2, 0.25) is 0 Å². The molecule has 2 aliphatic heterocycles. The summed E-state index contributed by atoms with van der Waals surface area (Å²) >= 11 is 0. The van der Waals surface area contributed by atoms with E-state index in [1.807, 2.05) is 0 Å². The highest BCUT2D eigenvalue weighted by atomic mass is 32.2. The van der Waals surface area contributed by atoms with Crippen molar-refractivity contribution >= 4 is 15.7 Å². The van der Waals surface area contributed by atoms with Crippen molar-refractivity contribution in [1.82, 2.24) is 14.6 Å². The number of halogens is 1. The summed E-state index contributed by atoms with van der Waals surface area (Å²) in [5.41, 5.74) is 6.51. The fourth-order valence-corrected chi connectivity index (χ4v) is 5.10. The monoisotopic (exact) mass is 328 g/mol. The van der Waals surface area contributed by atoms with E-state index in [2.05, 4.69) is 10.3 Å². The van der Waals surface area contributed by atoms with Crippen LogP contribution in [0.1, 0.15) is 24.8 Å². The van der Waals surface area contributed by atoms with Gasteiger partial charge in [-0.1, -0.05) is 0 Å². The molecular formula is C14H21FN4O2S. The Morgan fingerprint density at radius 1 is 1.45 bits per heavy atom. The van der Waals surface area contributed by atoms with Gasteiger partial charge >= 0.3 is 0 Å². The standard InChI is InChI=1S/C14H21FN4O2S/c15-13-7-17-8-14(16)12(13)4-3-11-6-18-10-2-1-5-22(20,21)19(11)9-10/h7-8,10-11,18H,1-6,9,16H2. The summed E-state index contributed by atoms with van der Waals surface area (Å²) in [6, 6.07) is 0.0857. The van der Waals surface area contributed by atoms with E-state index in [9.17, 15) is 12.8 Å². The maximum absolute atomic E-state index is 13.8. The normalized spacial score (nSPS) is 30.7. The molecule has 2 saturated heterocycles. The first kappa shape index (κ1) is 15.6. The van der Waals surface area contributed by atoms with Crippen LogP contribution in [0.3, 0.4) is 0 Å². The molecule has 6 nitrogen and oxygen atoms in total. The van der Waals surface area contributed by atoms with E-state index in [0.717, 1.165) is 12.6 Å². The zero-order valence-corrected chi connectivity index (χ0v) is 13.2. The Morgan fingerprint density at radius 3 is 3.05 bits per heavy atom. The first-order valence-corrected chi connectivity index (χ1v) is 9.19. The molecule has 0 spiro atoms. The third-order valence-electron chi connectivity index (χ3n) is 4.53. The molecule has 0 aliphatic carbocycles. The Hall–Kier alpha value is -1.25. The predicted octanol–water partition coefficient (Wildman–Crippen LogP) is 0.502. The lowest BCUT2D eigenvalue weighted by Gasteiger charge is -2.37. The number of nitrogens with one attached hydrogen (secondary N) is 1. The molecule has 2 fully saturated rings. The number of pyridine rings is 1. The summed E-state index contributed by atoms with van der Waals surface area (Å²) < 4.78 is 40.1. The molecule has 8 heteroatoms. The molecule has 2 aliphatic rings. The topological polar surface area (TPSA) is 88.3 Å². The van der Waals surface area contributed by atoms with Gasteiger partial charge in [0.25, 0.3) is 0 Å². The maximum Gasteiger partial charge on any atom is 0.214 e. The molecule has 2 bridgehead atoms. The minimum atomic E-state index is -3.21. The number of hydrogen-bond acceptors (Lipinski definition) is 5. The van der Waals surface area contributed by atoms with Gasteiger partial charge in [-0.05, 0) is 25.7 Å². The SMILES string of the molecule is Nc1cncc(F)c1CCC1CNC2CCCS(=O)(=O)N1C2. The number of rotatable bonds is 3. The second-order valence-electron chi connectivity index (χ2n) is 6.01. The number of anilines is 1. The van der Waals surface area contributed by atoms with Gasteiger partial charge < -0.3 is 11.1 Å². The zero-order chi connectivity index (χ0) is 15.7. The van der Waals surface area contributed by atoms with Crippen LogP contribution in [-0.2, 0) is 16.4 Å². The van der Waals surface area contributed by atoms with Crippen molar-refractivity contribution in [1.29, 1.82) is 0 Å². The van der Waals surface area contributed by atoms with Crippen molar-refractivity contribution in [3.8, 4) is 0 Å². The molecule has 3 rings (SSSR count). The summed E-state index contributed by atoms with van der Waals surface area (Å²) in [5, 5.41) is 3.40. The highest BCUT2D eigenvalue weighted by Gasteiger charge is 2.37. The maximum atomic E-state index is 13.8. The Bertz CT molecular complexity index is 632. The van der Waals surface area contributed by atoms with E-state index in [-0.39, 0.29) is 17.8 Å². The Kier molecular flexibility index (Phi) is 4.33. The van der Waals surface area contributed by atoms with Crippen LogP contribution in [0.5, 0.6) is 0 Å². The van der Waals surface area contributed by atoms with Crippen LogP contribution < -0.4 is 11.1 Å². The van der Waals surface area contributed by atoms with Gasteiger partial charge in [-0.25, -0.2) is 12.8 Å². The molecule has 1 aromatic heterocycles. The Labute approximate surface area is 129 Å². The molecule has 22 heavy (non-hydrogen) atoms. The first-order chi connectivity index (χ1) is 10.5. The van der Waals surface area contributed by atoms with Gasteiger partial charge in [0, 0.05) is 30.7 Å². The smallest absolute Gasteiger partial charge is 0.214 e. The van der Waals surface area contributed by atoms with Crippen LogP contribution in [0, 0.1) is 5.82 Å². The number of fused-ring (bicyclic) bond motifs is 2. The fourth-order valence-electron chi connectivity index (χ4n) is 3.30. The molecule has 3 heterocycles. The van der Waals surface area contributed by atoms with Gasteiger partial charge in [0.1, 0.15) is 5.82 Å². The first-order valence-electron chi connectivity index (χ1n) is 7.58. The van der Waals surface area contributed by atoms with E-state index >= 15 is 0 Å². The summed E-state index contributed by atoms with van der Waals surface area (Å²) in [5.74, 6) is -0.228. The minimum absolute atomic E-state index is 0.147. The average Bonchev–Trinajstić information content (AvgIpc) is 2.58. The second-order valence-corrected chi connectivity index (χ2v) is 8.06. The third kappa shape index (κ3) is 3.09. The molecule has 0 amide bonds. The zero-order valence-electron chi connectivity index (χ0n) is 12.3. The number of nitrogens with two attached hydrogens (primary N) is 1. The van der Waals surface area contributed by atoms with E-state index in [0.29, 0.717) is 43.6 Å². The highest BCUT2D eigenvalue weighted by molar-refractivity contribution is 7.89. The number of piperazine rings is 1. The number of nitrogens with zero attached hydrogens (tertiary/aromatic N) is 2. The Morgan fingerprint density at radius 2 is 2.27 bits per heavy atom. The molecule has 1 aromatic rings. The van der Waals surface area contributed by atoms with Crippen LogP contribution in [-0.4, -0.2) is 48.6 Å². The van der Waals surface area contributed by atoms with Gasteiger partial charge in [-0.15, -0.1) is 0 Å². The van der Waals surface area contributed by atoms with Gasteiger partial charge in [0.05, 0.1) is 23.8 Å². The molecule has 122 valence electrons. The second kappa shape index (κ2) is 6.10. The average molecular weight is 328 g/mol. The fraction of sp³-hybridized carbons (Fsp3) is 0.643. The quantitative estimate of drug-likeness (QED) is 0.844. The number of aromatic nitrogens is 1. The van der Waals surface area contributed by atoms with Crippen molar-refractivity contribution in [3.05, 3.63) is 23.8 Å². The Balaban J connectivity index is 1.74. The van der Waals surface area contributed by atoms with Crippen LogP contribution >= 0.6 is 0 Å². The van der Waals surface area contributed by atoms with E-state index < -0.39 is 15.8 Å². The van der Waals surface area contributed by atoms with Gasteiger partial charge in [0.15, 0.2) is 0 Å². The summed E-state index contributed by atoms with van der Waals surface area (Å²) in [6.45, 7) is 1.12. The number of sulfonamides is 1. The lowest BCUT2D eigenvalue weighted by atomic mass is 10.0. The molecule has 3 N–H and O–H groups in total. The molecular weight excluding hydrogens is 307 g/mol. The minimum Gasteiger partial charge on any atom is -0.397 e. The summed E-state index contributed by atoms with van der Waals surface area (Å²) in [4.78, 5) is 3.71. The van der Waals surface area contributed by atoms with Crippen molar-refractivity contribution in [2.75, 3.05) is 24.6 Å². The summed E-state index contributed by atoms with van der Waals surface area (Å²) in [6.07, 6.45) is 5.09. The molecule has 0 radical (unpaired) electrons. The summed E-state index contributed by atoms with van der Waals surface area (Å²) in [7, 11) is -3.21. The molecule has 3 unspecified atom stereocenters. The van der Waals surface area contributed by atoms with Gasteiger partial charge in [-0.3, -0.25) is 4.98 Å². The van der Waals surface area contributed by atoms with Gasteiger partial charge in [-0.2, -0.15) is 4.31 Å². The molecule has 3 atom stereocenters. The largest absolute Gasteiger partial charge is 0.397 e. The van der Waals surface area contributed by atoms with Crippen LogP contribution in [0.4, 0.5) is 10.1 Å². The van der Waals surface area contributed by atoms with Crippen LogP contribution in [0.25, 0.3) is 0 Å². The molecule has 0 saturated carbocycles. The van der Waals surface area contributed by atoms with E-state index in [4.69, 9.17) is 5.73 Å². The van der Waals surface area contributed by atoms with Crippen molar-refractivity contribution in [2.45, 2.75) is 37.8 Å². The van der Waals surface area contributed by atoms with Gasteiger partial charge in [0.2, 0.25) is 10.0 Å².